The number of halogens is 2. The molecule has 0 aromatic heterocycles. The lowest BCUT2D eigenvalue weighted by Crippen LogP contribution is -2.55. The van der Waals surface area contributed by atoms with Gasteiger partial charge in [-0.2, -0.15) is 0 Å². The average molecular weight is 579 g/mol. The molecule has 7 nitrogen and oxygen atoms in total. The summed E-state index contributed by atoms with van der Waals surface area (Å²) in [7, 11) is -3.86. The number of nitrogens with zero attached hydrogens (tertiary/aromatic N) is 2. The van der Waals surface area contributed by atoms with E-state index in [4.69, 9.17) is 23.2 Å². The van der Waals surface area contributed by atoms with Crippen LogP contribution in [0, 0.1) is 0 Å². The van der Waals surface area contributed by atoms with Gasteiger partial charge in [0.25, 0.3) is 0 Å². The Hall–Kier alpha value is -2.81. The third-order valence-electron chi connectivity index (χ3n) is 5.95. The Morgan fingerprint density at radius 3 is 2.26 bits per heavy atom. The fourth-order valence-electron chi connectivity index (χ4n) is 4.23. The Morgan fingerprint density at radius 2 is 1.66 bits per heavy atom. The average Bonchev–Trinajstić information content (AvgIpc) is 2.81. The smallest absolute Gasteiger partial charge is 0.244 e. The second-order valence-electron chi connectivity index (χ2n) is 10.2. The molecule has 3 rings (SSSR count). The predicted molar refractivity (Wildman–Crippen MR) is 155 cm³/mol. The molecule has 0 bridgehead atoms. The highest BCUT2D eigenvalue weighted by atomic mass is 35.5. The highest BCUT2D eigenvalue weighted by Crippen LogP contribution is 2.29. The molecule has 1 unspecified atom stereocenters. The fourth-order valence-corrected chi connectivity index (χ4v) is 5.56. The number of benzene rings is 3. The van der Waals surface area contributed by atoms with E-state index < -0.39 is 34.1 Å². The van der Waals surface area contributed by atoms with Gasteiger partial charge < -0.3 is 10.2 Å². The Morgan fingerprint density at radius 1 is 1.00 bits per heavy atom. The molecule has 0 aliphatic heterocycles. The molecule has 10 heteroatoms. The van der Waals surface area contributed by atoms with Crippen molar-refractivity contribution in [3.05, 3.63) is 76.3 Å². The molecule has 2 amide bonds. The number of fused-ring (bicyclic) bond motifs is 1. The molecule has 0 saturated heterocycles. The maximum Gasteiger partial charge on any atom is 0.244 e. The molecule has 0 saturated carbocycles. The van der Waals surface area contributed by atoms with Crippen molar-refractivity contribution in [3.8, 4) is 0 Å². The van der Waals surface area contributed by atoms with E-state index in [2.05, 4.69) is 5.32 Å². The van der Waals surface area contributed by atoms with E-state index in [1.54, 1.807) is 37.3 Å². The molecule has 0 fully saturated rings. The zero-order valence-corrected chi connectivity index (χ0v) is 24.5. The van der Waals surface area contributed by atoms with Gasteiger partial charge in [0.05, 0.1) is 11.9 Å². The first-order valence-corrected chi connectivity index (χ1v) is 14.8. The first-order valence-electron chi connectivity index (χ1n) is 12.2. The van der Waals surface area contributed by atoms with Crippen LogP contribution < -0.4 is 9.62 Å². The van der Waals surface area contributed by atoms with E-state index in [9.17, 15) is 18.0 Å². The highest BCUT2D eigenvalue weighted by molar-refractivity contribution is 7.92. The lowest BCUT2D eigenvalue weighted by Gasteiger charge is -2.34. The molecule has 3 aromatic rings. The standard InChI is InChI=1S/C28H33Cl2N3O4S/c1-6-24(27(35)31-28(2,3)4)32(17-20-14-15-21(29)16-23(20)30)26(34)18-33(38(5,36)37)25-13-9-11-19-10-7-8-12-22(19)25/h7-16,24H,6,17-18H2,1-5H3,(H,31,35). The normalized spacial score (nSPS) is 12.7. The zero-order chi connectivity index (χ0) is 28.3. The summed E-state index contributed by atoms with van der Waals surface area (Å²) in [5.74, 6) is -0.875. The van der Waals surface area contributed by atoms with Gasteiger partial charge in [0.1, 0.15) is 12.6 Å². The number of sulfonamides is 1. The van der Waals surface area contributed by atoms with E-state index in [-0.39, 0.29) is 12.5 Å². The summed E-state index contributed by atoms with van der Waals surface area (Å²) in [6.07, 6.45) is 1.37. The summed E-state index contributed by atoms with van der Waals surface area (Å²) in [6.45, 7) is 6.87. The van der Waals surface area contributed by atoms with Gasteiger partial charge in [0.15, 0.2) is 0 Å². The number of anilines is 1. The van der Waals surface area contributed by atoms with Crippen LogP contribution >= 0.6 is 23.2 Å². The second kappa shape index (κ2) is 11.9. The Balaban J connectivity index is 2.06. The van der Waals surface area contributed by atoms with Crippen LogP contribution in [-0.2, 0) is 26.2 Å². The molecular weight excluding hydrogens is 545 g/mol. The summed E-state index contributed by atoms with van der Waals surface area (Å²) in [5, 5.41) is 5.25. The minimum atomic E-state index is -3.86. The first-order chi connectivity index (χ1) is 17.7. The van der Waals surface area contributed by atoms with Gasteiger partial charge >= 0.3 is 0 Å². The maximum atomic E-state index is 13.9. The van der Waals surface area contributed by atoms with Crippen LogP contribution in [0.1, 0.15) is 39.7 Å². The van der Waals surface area contributed by atoms with Crippen molar-refractivity contribution in [1.82, 2.24) is 10.2 Å². The third-order valence-corrected chi connectivity index (χ3v) is 7.67. The van der Waals surface area contributed by atoms with Crippen LogP contribution in [-0.4, -0.2) is 49.5 Å². The van der Waals surface area contributed by atoms with Gasteiger partial charge in [-0.1, -0.05) is 72.6 Å². The van der Waals surface area contributed by atoms with Gasteiger partial charge in [0.2, 0.25) is 21.8 Å². The summed E-state index contributed by atoms with van der Waals surface area (Å²) in [6, 6.07) is 16.7. The Kier molecular flexibility index (Phi) is 9.34. The van der Waals surface area contributed by atoms with Crippen molar-refractivity contribution in [2.24, 2.45) is 0 Å². The fraction of sp³-hybridized carbons (Fsp3) is 0.357. The number of rotatable bonds is 9. The van der Waals surface area contributed by atoms with Gasteiger partial charge in [-0.25, -0.2) is 8.42 Å². The molecule has 1 atom stereocenters. The highest BCUT2D eigenvalue weighted by Gasteiger charge is 2.33. The molecule has 0 aliphatic rings. The molecule has 204 valence electrons. The molecule has 3 aromatic carbocycles. The molecule has 1 N–H and O–H groups in total. The van der Waals surface area contributed by atoms with Crippen molar-refractivity contribution in [2.45, 2.75) is 52.2 Å². The SMILES string of the molecule is CCC(C(=O)NC(C)(C)C)N(Cc1ccc(Cl)cc1Cl)C(=O)CN(c1cccc2ccccc12)S(C)(=O)=O. The van der Waals surface area contributed by atoms with Gasteiger partial charge in [0, 0.05) is 27.5 Å². The van der Waals surface area contributed by atoms with Crippen LogP contribution in [0.15, 0.2) is 60.7 Å². The number of amides is 2. The number of carbonyl (C=O) groups excluding carboxylic acids is 2. The van der Waals surface area contributed by atoms with Crippen LogP contribution in [0.5, 0.6) is 0 Å². The minimum absolute atomic E-state index is 0.00194. The topological polar surface area (TPSA) is 86.8 Å². The zero-order valence-electron chi connectivity index (χ0n) is 22.2. The van der Waals surface area contributed by atoms with Crippen LogP contribution in [0.4, 0.5) is 5.69 Å². The molecule has 0 radical (unpaired) electrons. The lowest BCUT2D eigenvalue weighted by atomic mass is 10.1. The van der Waals surface area contributed by atoms with Crippen molar-refractivity contribution in [1.29, 1.82) is 0 Å². The largest absolute Gasteiger partial charge is 0.350 e. The lowest BCUT2D eigenvalue weighted by molar-refractivity contribution is -0.141. The molecule has 38 heavy (non-hydrogen) atoms. The van der Waals surface area contributed by atoms with Gasteiger partial charge in [-0.3, -0.25) is 13.9 Å². The van der Waals surface area contributed by atoms with E-state index >= 15 is 0 Å². The molecule has 0 aliphatic carbocycles. The van der Waals surface area contributed by atoms with Crippen LogP contribution in [0.3, 0.4) is 0 Å². The van der Waals surface area contributed by atoms with Crippen LogP contribution in [0.2, 0.25) is 10.0 Å². The first kappa shape index (κ1) is 29.7. The van der Waals surface area contributed by atoms with Crippen molar-refractivity contribution in [3.63, 3.8) is 0 Å². The predicted octanol–water partition coefficient (Wildman–Crippen LogP) is 5.63. The minimum Gasteiger partial charge on any atom is -0.350 e. The number of carbonyl (C=O) groups is 2. The Bertz CT molecular complexity index is 1430. The summed E-state index contributed by atoms with van der Waals surface area (Å²) in [4.78, 5) is 28.6. The maximum absolute atomic E-state index is 13.9. The van der Waals surface area contributed by atoms with Gasteiger partial charge in [-0.15, -0.1) is 0 Å². The monoisotopic (exact) mass is 577 g/mol. The van der Waals surface area contributed by atoms with E-state index in [1.807, 2.05) is 51.1 Å². The van der Waals surface area contributed by atoms with Gasteiger partial charge in [-0.05, 0) is 56.3 Å². The molecule has 0 spiro atoms. The summed E-state index contributed by atoms with van der Waals surface area (Å²) in [5.41, 5.74) is 0.442. The van der Waals surface area contributed by atoms with E-state index in [0.717, 1.165) is 15.9 Å². The van der Waals surface area contributed by atoms with Crippen LogP contribution in [0.25, 0.3) is 10.8 Å². The number of nitrogens with one attached hydrogen (secondary N) is 1. The Labute approximate surface area is 234 Å². The summed E-state index contributed by atoms with van der Waals surface area (Å²) < 4.78 is 27.1. The molecular formula is C28H33Cl2N3O4S. The van der Waals surface area contributed by atoms with E-state index in [1.165, 1.54) is 4.90 Å². The second-order valence-corrected chi connectivity index (χ2v) is 12.9. The van der Waals surface area contributed by atoms with E-state index in [0.29, 0.717) is 33.1 Å². The number of hydrogen-bond acceptors (Lipinski definition) is 4. The quantitative estimate of drug-likeness (QED) is 0.357. The third kappa shape index (κ3) is 7.40. The van der Waals surface area contributed by atoms with Crippen molar-refractivity contribution >= 4 is 61.5 Å². The van der Waals surface area contributed by atoms with Crippen molar-refractivity contribution < 1.29 is 18.0 Å². The number of hydrogen-bond donors (Lipinski definition) is 1. The van der Waals surface area contributed by atoms with Crippen molar-refractivity contribution in [2.75, 3.05) is 17.1 Å². The summed E-state index contributed by atoms with van der Waals surface area (Å²) >= 11 is 12.5. The molecule has 0 heterocycles.